The van der Waals surface area contributed by atoms with Crippen LogP contribution >= 0.6 is 23.1 Å². The number of amides is 1. The standard InChI is InChI=1S/C12H17N5OS2/c1-2-5-17(7-9-4-3-6-19-9)10(18)8-20-12(15)16-11(13)14/h2-4,6H,1,5,7-8H2,(H5,13,14,15,16). The molecule has 0 fully saturated rings. The number of thioether (sulfide) groups is 1. The fourth-order valence-electron chi connectivity index (χ4n) is 1.37. The van der Waals surface area contributed by atoms with Crippen molar-refractivity contribution in [3.63, 3.8) is 0 Å². The Balaban J connectivity index is 2.54. The number of carbonyl (C=O) groups excluding carboxylic acids is 1. The fraction of sp³-hybridized carbons (Fsp3) is 0.250. The normalized spacial score (nSPS) is 9.80. The lowest BCUT2D eigenvalue weighted by molar-refractivity contribution is -0.128. The van der Waals surface area contributed by atoms with Gasteiger partial charge in [-0.25, -0.2) is 0 Å². The highest BCUT2D eigenvalue weighted by Crippen LogP contribution is 2.13. The number of hydrogen-bond acceptors (Lipinski definition) is 4. The molecule has 8 heteroatoms. The molecule has 0 saturated heterocycles. The van der Waals surface area contributed by atoms with Gasteiger partial charge in [-0.2, -0.15) is 4.99 Å². The molecule has 1 heterocycles. The van der Waals surface area contributed by atoms with Crippen molar-refractivity contribution in [1.82, 2.24) is 4.90 Å². The number of nitrogens with zero attached hydrogens (tertiary/aromatic N) is 2. The SMILES string of the molecule is C=CCN(Cc1cccs1)C(=O)CSC(=N)N=C(N)N. The van der Waals surface area contributed by atoms with Crippen molar-refractivity contribution in [2.45, 2.75) is 6.54 Å². The lowest BCUT2D eigenvalue weighted by Crippen LogP contribution is -2.32. The van der Waals surface area contributed by atoms with Crippen LogP contribution in [0.15, 0.2) is 35.2 Å². The Morgan fingerprint density at radius 3 is 2.90 bits per heavy atom. The third-order valence-corrected chi connectivity index (χ3v) is 3.81. The average Bonchev–Trinajstić information content (AvgIpc) is 2.87. The molecule has 0 aromatic carbocycles. The third-order valence-electron chi connectivity index (χ3n) is 2.19. The first kappa shape index (κ1) is 16.3. The number of nitrogens with one attached hydrogen (secondary N) is 1. The van der Waals surface area contributed by atoms with E-state index < -0.39 is 0 Å². The zero-order valence-corrected chi connectivity index (χ0v) is 12.5. The van der Waals surface area contributed by atoms with Crippen LogP contribution < -0.4 is 11.5 Å². The second kappa shape index (κ2) is 8.39. The topological polar surface area (TPSA) is 109 Å². The van der Waals surface area contributed by atoms with E-state index >= 15 is 0 Å². The van der Waals surface area contributed by atoms with E-state index in [-0.39, 0.29) is 22.8 Å². The van der Waals surface area contributed by atoms with E-state index in [0.717, 1.165) is 16.6 Å². The van der Waals surface area contributed by atoms with Gasteiger partial charge in [0.1, 0.15) is 0 Å². The summed E-state index contributed by atoms with van der Waals surface area (Å²) in [6, 6.07) is 3.92. The summed E-state index contributed by atoms with van der Waals surface area (Å²) in [5, 5.41) is 9.37. The van der Waals surface area contributed by atoms with Crippen LogP contribution in [-0.2, 0) is 11.3 Å². The number of rotatable bonds is 6. The summed E-state index contributed by atoms with van der Waals surface area (Å²) in [6.45, 7) is 4.66. The molecular weight excluding hydrogens is 294 g/mol. The molecule has 0 radical (unpaired) electrons. The monoisotopic (exact) mass is 311 g/mol. The van der Waals surface area contributed by atoms with Crippen LogP contribution in [0.25, 0.3) is 0 Å². The van der Waals surface area contributed by atoms with E-state index in [4.69, 9.17) is 16.9 Å². The number of thiophene rings is 1. The van der Waals surface area contributed by atoms with Crippen molar-refractivity contribution in [2.75, 3.05) is 12.3 Å². The van der Waals surface area contributed by atoms with Gasteiger partial charge >= 0.3 is 0 Å². The van der Waals surface area contributed by atoms with Crippen LogP contribution in [0.2, 0.25) is 0 Å². The predicted molar refractivity (Wildman–Crippen MR) is 85.9 cm³/mol. The van der Waals surface area contributed by atoms with E-state index in [1.54, 1.807) is 22.3 Å². The van der Waals surface area contributed by atoms with Crippen LogP contribution in [0.1, 0.15) is 4.88 Å². The van der Waals surface area contributed by atoms with E-state index in [1.165, 1.54) is 0 Å². The second-order valence-corrected chi connectivity index (χ2v) is 5.77. The highest BCUT2D eigenvalue weighted by atomic mass is 32.2. The van der Waals surface area contributed by atoms with Crippen molar-refractivity contribution in [2.24, 2.45) is 16.5 Å². The molecule has 5 N–H and O–H groups in total. The van der Waals surface area contributed by atoms with Gasteiger partial charge in [0.15, 0.2) is 11.1 Å². The van der Waals surface area contributed by atoms with E-state index in [1.807, 2.05) is 17.5 Å². The van der Waals surface area contributed by atoms with Gasteiger partial charge in [-0.3, -0.25) is 10.2 Å². The van der Waals surface area contributed by atoms with Gasteiger partial charge in [0.2, 0.25) is 5.91 Å². The molecule has 0 spiro atoms. The molecule has 0 aliphatic heterocycles. The van der Waals surface area contributed by atoms with Gasteiger partial charge in [-0.1, -0.05) is 23.9 Å². The minimum absolute atomic E-state index is 0.0759. The maximum absolute atomic E-state index is 12.1. The highest BCUT2D eigenvalue weighted by Gasteiger charge is 2.14. The number of guanidine groups is 1. The summed E-state index contributed by atoms with van der Waals surface area (Å²) in [4.78, 5) is 18.4. The lowest BCUT2D eigenvalue weighted by Gasteiger charge is -2.20. The number of aliphatic imine (C=N–C) groups is 1. The zero-order chi connectivity index (χ0) is 15.0. The maximum atomic E-state index is 12.1. The summed E-state index contributed by atoms with van der Waals surface area (Å²) in [5.74, 6) is -0.148. The summed E-state index contributed by atoms with van der Waals surface area (Å²) in [6.07, 6.45) is 1.68. The fourth-order valence-corrected chi connectivity index (χ4v) is 2.70. The molecule has 0 aliphatic carbocycles. The summed E-state index contributed by atoms with van der Waals surface area (Å²) in [7, 11) is 0. The van der Waals surface area contributed by atoms with Crippen molar-refractivity contribution in [1.29, 1.82) is 5.41 Å². The molecular formula is C12H17N5OS2. The largest absolute Gasteiger partial charge is 0.370 e. The van der Waals surface area contributed by atoms with Gasteiger partial charge in [0, 0.05) is 11.4 Å². The van der Waals surface area contributed by atoms with Crippen molar-refractivity contribution >= 4 is 40.1 Å². The summed E-state index contributed by atoms with van der Waals surface area (Å²) in [5.41, 5.74) is 10.3. The quantitative estimate of drug-likeness (QED) is 0.417. The van der Waals surface area contributed by atoms with Crippen LogP contribution in [0.5, 0.6) is 0 Å². The second-order valence-electron chi connectivity index (χ2n) is 3.77. The zero-order valence-electron chi connectivity index (χ0n) is 10.9. The molecule has 0 bridgehead atoms. The molecule has 1 aromatic heterocycles. The molecule has 0 atom stereocenters. The number of carbonyl (C=O) groups is 1. The molecule has 108 valence electrons. The Kier molecular flexibility index (Phi) is 6.82. The van der Waals surface area contributed by atoms with Gasteiger partial charge in [-0.05, 0) is 11.4 Å². The van der Waals surface area contributed by atoms with Crippen molar-refractivity contribution < 1.29 is 4.79 Å². The molecule has 1 aromatic rings. The Morgan fingerprint density at radius 2 is 2.35 bits per heavy atom. The molecule has 0 saturated carbocycles. The van der Waals surface area contributed by atoms with E-state index in [9.17, 15) is 4.79 Å². The first-order valence-electron chi connectivity index (χ1n) is 5.75. The molecule has 1 rings (SSSR count). The molecule has 0 unspecified atom stereocenters. The first-order valence-corrected chi connectivity index (χ1v) is 7.61. The van der Waals surface area contributed by atoms with Crippen molar-refractivity contribution in [3.05, 3.63) is 35.0 Å². The molecule has 1 amide bonds. The Bertz CT molecular complexity index is 494. The minimum Gasteiger partial charge on any atom is -0.370 e. The van der Waals surface area contributed by atoms with Crippen LogP contribution in [0.3, 0.4) is 0 Å². The van der Waals surface area contributed by atoms with E-state index in [0.29, 0.717) is 13.1 Å². The number of hydrogen-bond donors (Lipinski definition) is 3. The van der Waals surface area contributed by atoms with Gasteiger partial charge < -0.3 is 16.4 Å². The van der Waals surface area contributed by atoms with Gasteiger partial charge in [-0.15, -0.1) is 17.9 Å². The van der Waals surface area contributed by atoms with Crippen LogP contribution in [0, 0.1) is 5.41 Å². The van der Waals surface area contributed by atoms with Crippen molar-refractivity contribution in [3.8, 4) is 0 Å². The lowest BCUT2D eigenvalue weighted by atomic mass is 10.4. The van der Waals surface area contributed by atoms with Gasteiger partial charge in [0.05, 0.1) is 12.3 Å². The summed E-state index contributed by atoms with van der Waals surface area (Å²) >= 11 is 2.59. The molecule has 0 aliphatic rings. The third kappa shape index (κ3) is 5.89. The maximum Gasteiger partial charge on any atom is 0.233 e. The summed E-state index contributed by atoms with van der Waals surface area (Å²) < 4.78 is 0. The van der Waals surface area contributed by atoms with Crippen LogP contribution in [0.4, 0.5) is 0 Å². The first-order chi connectivity index (χ1) is 9.52. The Labute approximate surface area is 126 Å². The number of amidine groups is 1. The Morgan fingerprint density at radius 1 is 1.60 bits per heavy atom. The molecule has 20 heavy (non-hydrogen) atoms. The Hall–Kier alpha value is -1.80. The van der Waals surface area contributed by atoms with Crippen LogP contribution in [-0.4, -0.2) is 34.2 Å². The van der Waals surface area contributed by atoms with Gasteiger partial charge in [0.25, 0.3) is 0 Å². The molecule has 6 nitrogen and oxygen atoms in total. The smallest absolute Gasteiger partial charge is 0.233 e. The predicted octanol–water partition coefficient (Wildman–Crippen LogP) is 1.20. The average molecular weight is 311 g/mol. The minimum atomic E-state index is -0.184. The number of nitrogens with two attached hydrogens (primary N) is 2. The highest BCUT2D eigenvalue weighted by molar-refractivity contribution is 8.14. The van der Waals surface area contributed by atoms with E-state index in [2.05, 4.69) is 11.6 Å².